The molecular formula is C22H16N4O2. The molecule has 0 atom stereocenters. The number of hydrogen-bond donors (Lipinski definition) is 0. The van der Waals surface area contributed by atoms with Gasteiger partial charge in [-0.05, 0) is 54.8 Å². The molecule has 0 unspecified atom stereocenters. The summed E-state index contributed by atoms with van der Waals surface area (Å²) in [6, 6.07) is 16.3. The third-order valence-corrected chi connectivity index (χ3v) is 5.16. The van der Waals surface area contributed by atoms with E-state index in [0.29, 0.717) is 11.8 Å². The summed E-state index contributed by atoms with van der Waals surface area (Å²) < 4.78 is 12.7. The number of hydrogen-bond acceptors (Lipinski definition) is 5. The molecule has 3 heterocycles. The molecule has 1 aliphatic carbocycles. The van der Waals surface area contributed by atoms with E-state index in [0.717, 1.165) is 52.1 Å². The minimum Gasteiger partial charge on any atom is -0.472 e. The van der Waals surface area contributed by atoms with Crippen LogP contribution in [0.4, 0.5) is 0 Å². The zero-order valence-corrected chi connectivity index (χ0v) is 14.9. The first kappa shape index (κ1) is 15.4. The van der Waals surface area contributed by atoms with Crippen LogP contribution < -0.4 is 0 Å². The molecule has 2 aromatic carbocycles. The second kappa shape index (κ2) is 5.92. The van der Waals surface area contributed by atoms with Gasteiger partial charge in [0, 0.05) is 22.7 Å². The fourth-order valence-corrected chi connectivity index (χ4v) is 3.47. The van der Waals surface area contributed by atoms with E-state index >= 15 is 0 Å². The molecule has 6 nitrogen and oxygen atoms in total. The molecule has 28 heavy (non-hydrogen) atoms. The Labute approximate surface area is 160 Å². The molecule has 0 saturated heterocycles. The molecule has 0 amide bonds. The summed E-state index contributed by atoms with van der Waals surface area (Å²) in [6.07, 6.45) is 7.56. The van der Waals surface area contributed by atoms with Gasteiger partial charge in [0.25, 0.3) is 5.89 Å². The van der Waals surface area contributed by atoms with Crippen molar-refractivity contribution in [1.82, 2.24) is 19.7 Å². The highest BCUT2D eigenvalue weighted by atomic mass is 16.5. The smallest absolute Gasteiger partial charge is 0.258 e. The number of nitrogens with zero attached hydrogens (tertiary/aromatic N) is 4. The summed E-state index contributed by atoms with van der Waals surface area (Å²) >= 11 is 0. The van der Waals surface area contributed by atoms with Gasteiger partial charge in [0.2, 0.25) is 0 Å². The zero-order chi connectivity index (χ0) is 18.5. The summed E-state index contributed by atoms with van der Waals surface area (Å²) in [5, 5.41) is 4.12. The Bertz CT molecular complexity index is 1280. The monoisotopic (exact) mass is 368 g/mol. The van der Waals surface area contributed by atoms with Crippen LogP contribution in [-0.2, 0) is 0 Å². The predicted molar refractivity (Wildman–Crippen MR) is 104 cm³/mol. The van der Waals surface area contributed by atoms with Gasteiger partial charge in [-0.15, -0.1) is 0 Å². The van der Waals surface area contributed by atoms with Gasteiger partial charge in [0.15, 0.2) is 5.82 Å². The minimum absolute atomic E-state index is 0.475. The van der Waals surface area contributed by atoms with Gasteiger partial charge in [0.1, 0.15) is 6.33 Å². The zero-order valence-electron chi connectivity index (χ0n) is 14.9. The van der Waals surface area contributed by atoms with Gasteiger partial charge < -0.3 is 8.94 Å². The Morgan fingerprint density at radius 3 is 2.79 bits per heavy atom. The van der Waals surface area contributed by atoms with Crippen molar-refractivity contribution in [2.75, 3.05) is 0 Å². The molecule has 1 saturated carbocycles. The molecule has 3 aromatic heterocycles. The number of furan rings is 1. The Balaban J connectivity index is 1.39. The summed E-state index contributed by atoms with van der Waals surface area (Å²) in [4.78, 5) is 9.14. The number of imidazole rings is 1. The van der Waals surface area contributed by atoms with Crippen LogP contribution in [0.15, 0.2) is 76.3 Å². The highest BCUT2D eigenvalue weighted by Gasteiger charge is 2.29. The van der Waals surface area contributed by atoms with Crippen molar-refractivity contribution in [2.24, 2.45) is 0 Å². The van der Waals surface area contributed by atoms with Crippen LogP contribution in [0.25, 0.3) is 39.3 Å². The fourth-order valence-electron chi connectivity index (χ4n) is 3.47. The van der Waals surface area contributed by atoms with Crippen LogP contribution in [0.1, 0.15) is 24.6 Å². The molecule has 1 fully saturated rings. The van der Waals surface area contributed by atoms with E-state index in [1.54, 1.807) is 12.5 Å². The number of aromatic nitrogens is 4. The lowest BCUT2D eigenvalue weighted by Gasteiger charge is -2.06. The van der Waals surface area contributed by atoms with Crippen LogP contribution in [0.5, 0.6) is 0 Å². The Kier molecular flexibility index (Phi) is 3.25. The Morgan fingerprint density at radius 1 is 0.964 bits per heavy atom. The normalized spacial score (nSPS) is 14.0. The molecule has 136 valence electrons. The van der Waals surface area contributed by atoms with E-state index in [4.69, 9.17) is 8.94 Å². The molecule has 6 rings (SSSR count). The van der Waals surface area contributed by atoms with Gasteiger partial charge in [-0.3, -0.25) is 4.57 Å². The van der Waals surface area contributed by atoms with Crippen molar-refractivity contribution < 1.29 is 8.94 Å². The summed E-state index contributed by atoms with van der Waals surface area (Å²) in [6.45, 7) is 0. The van der Waals surface area contributed by atoms with Gasteiger partial charge in [-0.25, -0.2) is 4.98 Å². The highest BCUT2D eigenvalue weighted by Crippen LogP contribution is 2.39. The van der Waals surface area contributed by atoms with E-state index in [1.165, 1.54) is 0 Å². The fraction of sp³-hybridized carbons (Fsp3) is 0.136. The van der Waals surface area contributed by atoms with E-state index < -0.39 is 0 Å². The second-order valence-electron chi connectivity index (χ2n) is 7.11. The highest BCUT2D eigenvalue weighted by molar-refractivity contribution is 5.83. The van der Waals surface area contributed by atoms with Gasteiger partial charge in [-0.2, -0.15) is 4.98 Å². The molecule has 0 N–H and O–H groups in total. The summed E-state index contributed by atoms with van der Waals surface area (Å²) in [5.74, 6) is 1.86. The molecular weight excluding hydrogens is 352 g/mol. The SMILES string of the molecule is c1cc(-c2nc(C3CC3)no2)cc(-n2cnc3cc(-c4ccoc4)ccc32)c1. The molecule has 0 spiro atoms. The lowest BCUT2D eigenvalue weighted by Crippen LogP contribution is -1.92. The molecule has 0 aliphatic heterocycles. The maximum absolute atomic E-state index is 5.47. The first-order valence-electron chi connectivity index (χ1n) is 9.29. The van der Waals surface area contributed by atoms with Crippen LogP contribution >= 0.6 is 0 Å². The molecule has 1 aliphatic rings. The van der Waals surface area contributed by atoms with E-state index in [9.17, 15) is 0 Å². The molecule has 5 aromatic rings. The van der Waals surface area contributed by atoms with Crippen molar-refractivity contribution in [3.63, 3.8) is 0 Å². The summed E-state index contributed by atoms with van der Waals surface area (Å²) in [5.41, 5.74) is 6.00. The van der Waals surface area contributed by atoms with Gasteiger partial charge in [-0.1, -0.05) is 17.3 Å². The maximum Gasteiger partial charge on any atom is 0.258 e. The van der Waals surface area contributed by atoms with Gasteiger partial charge >= 0.3 is 0 Å². The van der Waals surface area contributed by atoms with Crippen molar-refractivity contribution in [2.45, 2.75) is 18.8 Å². The topological polar surface area (TPSA) is 69.9 Å². The van der Waals surface area contributed by atoms with Crippen LogP contribution in [0.3, 0.4) is 0 Å². The van der Waals surface area contributed by atoms with Crippen molar-refractivity contribution in [3.05, 3.63) is 73.2 Å². The van der Waals surface area contributed by atoms with Gasteiger partial charge in [0.05, 0.1) is 23.6 Å². The largest absolute Gasteiger partial charge is 0.472 e. The first-order chi connectivity index (χ1) is 13.8. The molecule has 6 heteroatoms. The first-order valence-corrected chi connectivity index (χ1v) is 9.29. The Hall–Kier alpha value is -3.67. The van der Waals surface area contributed by atoms with E-state index in [2.05, 4.69) is 44.0 Å². The third kappa shape index (κ3) is 2.53. The van der Waals surface area contributed by atoms with Crippen LogP contribution in [0, 0.1) is 0 Å². The number of benzene rings is 2. The van der Waals surface area contributed by atoms with E-state index in [1.807, 2.05) is 30.6 Å². The van der Waals surface area contributed by atoms with E-state index in [-0.39, 0.29) is 0 Å². The third-order valence-electron chi connectivity index (χ3n) is 5.16. The quantitative estimate of drug-likeness (QED) is 0.435. The molecule has 0 bridgehead atoms. The van der Waals surface area contributed by atoms with Crippen molar-refractivity contribution in [3.8, 4) is 28.3 Å². The lowest BCUT2D eigenvalue weighted by atomic mass is 10.1. The van der Waals surface area contributed by atoms with Crippen molar-refractivity contribution >= 4 is 11.0 Å². The average molecular weight is 368 g/mol. The Morgan fingerprint density at radius 2 is 1.93 bits per heavy atom. The van der Waals surface area contributed by atoms with Crippen molar-refractivity contribution in [1.29, 1.82) is 0 Å². The van der Waals surface area contributed by atoms with Crippen LogP contribution in [0.2, 0.25) is 0 Å². The molecule has 0 radical (unpaired) electrons. The second-order valence-corrected chi connectivity index (χ2v) is 7.11. The number of rotatable bonds is 4. The predicted octanol–water partition coefficient (Wildman–Crippen LogP) is 5.21. The summed E-state index contributed by atoms with van der Waals surface area (Å²) in [7, 11) is 0. The maximum atomic E-state index is 5.47. The van der Waals surface area contributed by atoms with Crippen LogP contribution in [-0.4, -0.2) is 19.7 Å². The number of fused-ring (bicyclic) bond motifs is 1. The lowest BCUT2D eigenvalue weighted by molar-refractivity contribution is 0.422. The average Bonchev–Trinajstić information content (AvgIpc) is 3.17. The minimum atomic E-state index is 0.475. The standard InChI is InChI=1S/C22H16N4O2/c1-2-16(22-24-21(25-28-22)14-4-5-14)10-18(3-1)26-13-23-19-11-15(6-7-20(19)26)17-8-9-27-12-17/h1-3,6-14H,4-5H2.